The first-order chi connectivity index (χ1) is 13.3. The van der Waals surface area contributed by atoms with Crippen molar-refractivity contribution in [2.45, 2.75) is 18.4 Å². The smallest absolute Gasteiger partial charge is 0.264 e. The largest absolute Gasteiger partial charge is 0.496 e. The molecule has 0 amide bonds. The topological polar surface area (TPSA) is 46.6 Å². The number of anilines is 1. The molecule has 0 fully saturated rings. The quantitative estimate of drug-likeness (QED) is 0.601. The van der Waals surface area contributed by atoms with Gasteiger partial charge >= 0.3 is 0 Å². The molecule has 0 heterocycles. The van der Waals surface area contributed by atoms with Crippen molar-refractivity contribution in [3.8, 4) is 5.75 Å². The number of benzene rings is 3. The summed E-state index contributed by atoms with van der Waals surface area (Å²) in [6.07, 6.45) is 0. The maximum atomic E-state index is 13.8. The van der Waals surface area contributed by atoms with Crippen LogP contribution in [0.2, 0.25) is 0 Å². The van der Waals surface area contributed by atoms with E-state index in [4.69, 9.17) is 4.74 Å². The molecule has 0 aliphatic carbocycles. The van der Waals surface area contributed by atoms with Gasteiger partial charge in [0.15, 0.2) is 0 Å². The first kappa shape index (κ1) is 19.8. The normalized spacial score (nSPS) is 11.3. The van der Waals surface area contributed by atoms with Gasteiger partial charge in [0.2, 0.25) is 0 Å². The summed E-state index contributed by atoms with van der Waals surface area (Å²) in [6, 6.07) is 15.8. The lowest BCUT2D eigenvalue weighted by molar-refractivity contribution is 0.410. The summed E-state index contributed by atoms with van der Waals surface area (Å²) >= 11 is 0. The summed E-state index contributed by atoms with van der Waals surface area (Å²) in [5.41, 5.74) is 1.12. The van der Waals surface area contributed by atoms with Gasteiger partial charge in [0.25, 0.3) is 10.0 Å². The molecule has 0 aliphatic heterocycles. The third kappa shape index (κ3) is 3.99. The van der Waals surface area contributed by atoms with Crippen molar-refractivity contribution < 1.29 is 21.9 Å². The van der Waals surface area contributed by atoms with Gasteiger partial charge in [-0.1, -0.05) is 30.3 Å². The van der Waals surface area contributed by atoms with Crippen molar-refractivity contribution in [2.75, 3.05) is 11.4 Å². The minimum absolute atomic E-state index is 0.105. The molecule has 0 saturated carbocycles. The van der Waals surface area contributed by atoms with Crippen LogP contribution in [-0.2, 0) is 16.6 Å². The molecule has 0 saturated heterocycles. The molecule has 3 rings (SSSR count). The first-order valence-corrected chi connectivity index (χ1v) is 9.93. The van der Waals surface area contributed by atoms with Crippen molar-refractivity contribution in [1.82, 2.24) is 0 Å². The lowest BCUT2D eigenvalue weighted by Gasteiger charge is -2.26. The molecule has 0 atom stereocenters. The van der Waals surface area contributed by atoms with Crippen LogP contribution in [0.5, 0.6) is 5.75 Å². The molecule has 7 heteroatoms. The van der Waals surface area contributed by atoms with Crippen LogP contribution in [0.1, 0.15) is 11.1 Å². The molecule has 28 heavy (non-hydrogen) atoms. The van der Waals surface area contributed by atoms with Crippen LogP contribution in [0.4, 0.5) is 14.5 Å². The van der Waals surface area contributed by atoms with E-state index in [1.165, 1.54) is 37.4 Å². The van der Waals surface area contributed by atoms with Gasteiger partial charge in [-0.25, -0.2) is 17.2 Å². The molecule has 3 aromatic rings. The van der Waals surface area contributed by atoms with Crippen LogP contribution in [0.3, 0.4) is 0 Å². The Morgan fingerprint density at radius 1 is 0.929 bits per heavy atom. The van der Waals surface area contributed by atoms with Crippen molar-refractivity contribution in [1.29, 1.82) is 0 Å². The molecule has 0 unspecified atom stereocenters. The number of para-hydroxylation sites is 1. The number of aryl methyl sites for hydroxylation is 1. The second-order valence-corrected chi connectivity index (χ2v) is 8.04. The highest BCUT2D eigenvalue weighted by atomic mass is 32.2. The predicted octanol–water partition coefficient (Wildman–Crippen LogP) is 4.68. The van der Waals surface area contributed by atoms with Crippen LogP contribution in [0.25, 0.3) is 0 Å². The van der Waals surface area contributed by atoms with Crippen LogP contribution in [0, 0.1) is 18.6 Å². The minimum Gasteiger partial charge on any atom is -0.496 e. The maximum absolute atomic E-state index is 13.8. The van der Waals surface area contributed by atoms with Crippen LogP contribution in [0.15, 0.2) is 71.6 Å². The number of hydrogen-bond acceptors (Lipinski definition) is 3. The average molecular weight is 403 g/mol. The van der Waals surface area contributed by atoms with Gasteiger partial charge in [0.05, 0.1) is 24.2 Å². The number of ether oxygens (including phenoxy) is 1. The van der Waals surface area contributed by atoms with Gasteiger partial charge in [-0.2, -0.15) is 0 Å². The summed E-state index contributed by atoms with van der Waals surface area (Å²) in [7, 11) is -2.69. The van der Waals surface area contributed by atoms with Gasteiger partial charge in [-0.15, -0.1) is 0 Å². The Hall–Kier alpha value is -2.93. The third-order valence-electron chi connectivity index (χ3n) is 4.32. The second kappa shape index (κ2) is 7.98. The van der Waals surface area contributed by atoms with E-state index in [1.807, 2.05) is 0 Å². The zero-order chi connectivity index (χ0) is 20.3. The molecule has 4 nitrogen and oxygen atoms in total. The van der Waals surface area contributed by atoms with E-state index >= 15 is 0 Å². The molecular weight excluding hydrogens is 384 g/mol. The Morgan fingerprint density at radius 3 is 2.36 bits per heavy atom. The van der Waals surface area contributed by atoms with Gasteiger partial charge in [0, 0.05) is 5.56 Å². The minimum atomic E-state index is -4.18. The fraction of sp³-hybridized carbons (Fsp3) is 0.143. The van der Waals surface area contributed by atoms with Crippen molar-refractivity contribution in [2.24, 2.45) is 0 Å². The summed E-state index contributed by atoms with van der Waals surface area (Å²) in [5.74, 6) is -0.746. The van der Waals surface area contributed by atoms with Gasteiger partial charge in [0.1, 0.15) is 17.4 Å². The molecular formula is C21H19F2NO3S. The molecule has 0 spiro atoms. The van der Waals surface area contributed by atoms with Crippen molar-refractivity contribution >= 4 is 15.7 Å². The van der Waals surface area contributed by atoms with Gasteiger partial charge in [-0.3, -0.25) is 4.31 Å². The zero-order valence-corrected chi connectivity index (χ0v) is 16.2. The molecule has 0 N–H and O–H groups in total. The Balaban J connectivity index is 2.17. The fourth-order valence-electron chi connectivity index (χ4n) is 2.91. The van der Waals surface area contributed by atoms with Gasteiger partial charge in [-0.05, 0) is 48.9 Å². The van der Waals surface area contributed by atoms with E-state index in [0.29, 0.717) is 16.9 Å². The standard InChI is InChI=1S/C21H19F2NO3S/c1-15-10-11-18(23)13-21(15)28(25,26)24(19-8-5-7-17(22)12-19)14-16-6-3-4-9-20(16)27-2/h3-13H,14H2,1-2H3. The number of halogens is 2. The van der Waals surface area contributed by atoms with Crippen molar-refractivity contribution in [3.05, 3.63) is 89.5 Å². The zero-order valence-electron chi connectivity index (χ0n) is 15.4. The number of sulfonamides is 1. The second-order valence-electron chi connectivity index (χ2n) is 6.21. The Bertz CT molecular complexity index is 1100. The lowest BCUT2D eigenvalue weighted by atomic mass is 10.2. The Kier molecular flexibility index (Phi) is 5.65. The Morgan fingerprint density at radius 2 is 1.64 bits per heavy atom. The number of rotatable bonds is 6. The van der Waals surface area contributed by atoms with E-state index in [9.17, 15) is 17.2 Å². The maximum Gasteiger partial charge on any atom is 0.264 e. The number of hydrogen-bond donors (Lipinski definition) is 0. The summed E-state index contributed by atoms with van der Waals surface area (Å²) in [6.45, 7) is 1.48. The van der Waals surface area contributed by atoms with E-state index < -0.39 is 21.7 Å². The monoisotopic (exact) mass is 403 g/mol. The lowest BCUT2D eigenvalue weighted by Crippen LogP contribution is -2.31. The number of methoxy groups -OCH3 is 1. The van der Waals surface area contributed by atoms with Crippen molar-refractivity contribution in [3.63, 3.8) is 0 Å². The molecule has 0 bridgehead atoms. The Labute approximate surface area is 163 Å². The van der Waals surface area contributed by atoms with E-state index in [-0.39, 0.29) is 17.1 Å². The fourth-order valence-corrected chi connectivity index (χ4v) is 4.58. The first-order valence-electron chi connectivity index (χ1n) is 8.49. The number of nitrogens with zero attached hydrogens (tertiary/aromatic N) is 1. The predicted molar refractivity (Wildman–Crippen MR) is 104 cm³/mol. The molecule has 3 aromatic carbocycles. The van der Waals surface area contributed by atoms with Gasteiger partial charge < -0.3 is 4.74 Å². The highest BCUT2D eigenvalue weighted by Crippen LogP contribution is 2.30. The average Bonchev–Trinajstić information content (AvgIpc) is 2.68. The molecule has 146 valence electrons. The third-order valence-corrected chi connectivity index (χ3v) is 6.24. The SMILES string of the molecule is COc1ccccc1CN(c1cccc(F)c1)S(=O)(=O)c1cc(F)ccc1C. The van der Waals surface area contributed by atoms with Crippen LogP contribution < -0.4 is 9.04 Å². The van der Waals surface area contributed by atoms with Crippen LogP contribution >= 0.6 is 0 Å². The molecule has 0 aromatic heterocycles. The highest BCUT2D eigenvalue weighted by Gasteiger charge is 2.28. The van der Waals surface area contributed by atoms with E-state index in [1.54, 1.807) is 31.2 Å². The van der Waals surface area contributed by atoms with E-state index in [2.05, 4.69) is 0 Å². The summed E-state index contributed by atoms with van der Waals surface area (Å²) in [4.78, 5) is -0.174. The van der Waals surface area contributed by atoms with E-state index in [0.717, 1.165) is 16.4 Å². The summed E-state index contributed by atoms with van der Waals surface area (Å²) < 4.78 is 60.8. The van der Waals surface area contributed by atoms with Crippen LogP contribution in [-0.4, -0.2) is 15.5 Å². The highest BCUT2D eigenvalue weighted by molar-refractivity contribution is 7.92. The summed E-state index contributed by atoms with van der Waals surface area (Å²) in [5, 5.41) is 0. The molecule has 0 aliphatic rings. The molecule has 0 radical (unpaired) electrons.